The number of carboxylic acid groups (broad SMARTS) is 1. The van der Waals surface area contributed by atoms with E-state index in [2.05, 4.69) is 12.2 Å². The molecule has 0 aromatic heterocycles. The van der Waals surface area contributed by atoms with Gasteiger partial charge in [0.05, 0.1) is 5.56 Å². The summed E-state index contributed by atoms with van der Waals surface area (Å²) in [5.74, 6) is -1.05. The molecule has 0 radical (unpaired) electrons. The molecule has 2 rings (SSSR count). The third-order valence-corrected chi connectivity index (χ3v) is 3.26. The summed E-state index contributed by atoms with van der Waals surface area (Å²) in [5.41, 5.74) is 2.77. The van der Waals surface area contributed by atoms with Crippen molar-refractivity contribution in [3.05, 3.63) is 77.5 Å². The first-order valence-corrected chi connectivity index (χ1v) is 7.00. The summed E-state index contributed by atoms with van der Waals surface area (Å²) in [6.45, 7) is 2.07. The second kappa shape index (κ2) is 7.22. The second-order valence-electron chi connectivity index (χ2n) is 4.77. The number of aryl methyl sites for hydroxylation is 1. The first kappa shape index (κ1) is 15.5. The van der Waals surface area contributed by atoms with Crippen molar-refractivity contribution in [2.45, 2.75) is 13.3 Å². The maximum atomic E-state index is 12.0. The van der Waals surface area contributed by atoms with Gasteiger partial charge in [-0.25, -0.2) is 4.79 Å². The lowest BCUT2D eigenvalue weighted by Crippen LogP contribution is -1.98. The monoisotopic (exact) mass is 295 g/mol. The van der Waals surface area contributed by atoms with Crippen molar-refractivity contribution >= 4 is 17.4 Å². The number of benzene rings is 2. The summed E-state index contributed by atoms with van der Waals surface area (Å²) >= 11 is 0. The number of carboxylic acids is 1. The van der Waals surface area contributed by atoms with Crippen molar-refractivity contribution in [2.24, 2.45) is 0 Å². The van der Waals surface area contributed by atoms with E-state index >= 15 is 0 Å². The van der Waals surface area contributed by atoms with Crippen LogP contribution in [0.2, 0.25) is 0 Å². The van der Waals surface area contributed by atoms with Crippen LogP contribution in [0, 0.1) is 0 Å². The summed E-state index contributed by atoms with van der Waals surface area (Å²) in [7, 11) is 0. The zero-order chi connectivity index (χ0) is 15.9. The molecule has 0 saturated heterocycles. The molecule has 0 aliphatic rings. The second-order valence-corrected chi connectivity index (χ2v) is 4.77. The van der Waals surface area contributed by atoms with E-state index in [0.717, 1.165) is 12.1 Å². The minimum atomic E-state index is -0.965. The summed E-state index contributed by atoms with van der Waals surface area (Å²) in [6, 6.07) is 13.8. The number of nitrogens with one attached hydrogen (secondary N) is 1. The van der Waals surface area contributed by atoms with E-state index in [9.17, 15) is 9.59 Å². The van der Waals surface area contributed by atoms with Crippen molar-refractivity contribution in [3.63, 3.8) is 0 Å². The normalized spacial score (nSPS) is 10.6. The van der Waals surface area contributed by atoms with Gasteiger partial charge in [-0.2, -0.15) is 0 Å². The Morgan fingerprint density at radius 1 is 1.00 bits per heavy atom. The Hall–Kier alpha value is -2.88. The summed E-state index contributed by atoms with van der Waals surface area (Å²) < 4.78 is 0. The number of carbonyl (C=O) groups is 2. The highest BCUT2D eigenvalue weighted by Crippen LogP contribution is 2.10. The average molecular weight is 295 g/mol. The molecule has 0 aliphatic heterocycles. The molecule has 22 heavy (non-hydrogen) atoms. The molecule has 0 atom stereocenters. The zero-order valence-electron chi connectivity index (χ0n) is 12.2. The van der Waals surface area contributed by atoms with E-state index in [-0.39, 0.29) is 11.3 Å². The van der Waals surface area contributed by atoms with Crippen molar-refractivity contribution in [2.75, 3.05) is 5.32 Å². The van der Waals surface area contributed by atoms with Crippen LogP contribution < -0.4 is 5.32 Å². The van der Waals surface area contributed by atoms with Gasteiger partial charge in [0.1, 0.15) is 0 Å². The van der Waals surface area contributed by atoms with E-state index in [1.54, 1.807) is 18.3 Å². The standard InChI is InChI=1S/C18H17NO3/c1-2-13-3-5-14(6-4-13)17(20)11-12-19-16-9-7-15(8-10-16)18(21)22/h3-12,19H,2H2,1H3,(H,21,22)/b12-11-. The third-order valence-electron chi connectivity index (χ3n) is 3.26. The fourth-order valence-corrected chi connectivity index (χ4v) is 1.92. The molecule has 2 aromatic carbocycles. The SMILES string of the molecule is CCc1ccc(C(=O)/C=C\Nc2ccc(C(=O)O)cc2)cc1. The van der Waals surface area contributed by atoms with E-state index in [0.29, 0.717) is 5.56 Å². The number of carbonyl (C=O) groups excluding carboxylic acids is 1. The van der Waals surface area contributed by atoms with Crippen LogP contribution >= 0.6 is 0 Å². The van der Waals surface area contributed by atoms with Gasteiger partial charge < -0.3 is 10.4 Å². The molecule has 0 unspecified atom stereocenters. The molecule has 112 valence electrons. The van der Waals surface area contributed by atoms with E-state index in [1.165, 1.54) is 23.8 Å². The number of allylic oxidation sites excluding steroid dienone is 1. The lowest BCUT2D eigenvalue weighted by molar-refractivity contribution is 0.0696. The van der Waals surface area contributed by atoms with Crippen molar-refractivity contribution in [1.29, 1.82) is 0 Å². The summed E-state index contributed by atoms with van der Waals surface area (Å²) in [6.07, 6.45) is 3.94. The number of anilines is 1. The van der Waals surface area contributed by atoms with Crippen LogP contribution in [0.5, 0.6) is 0 Å². The van der Waals surface area contributed by atoms with Gasteiger partial charge >= 0.3 is 5.97 Å². The molecule has 4 heteroatoms. The van der Waals surface area contributed by atoms with Crippen LogP contribution in [0.25, 0.3) is 0 Å². The highest BCUT2D eigenvalue weighted by atomic mass is 16.4. The highest BCUT2D eigenvalue weighted by molar-refractivity contribution is 6.04. The van der Waals surface area contributed by atoms with Crippen LogP contribution in [0.4, 0.5) is 5.69 Å². The molecule has 0 spiro atoms. The van der Waals surface area contributed by atoms with Gasteiger partial charge in [-0.15, -0.1) is 0 Å². The minimum absolute atomic E-state index is 0.0858. The van der Waals surface area contributed by atoms with E-state index < -0.39 is 5.97 Å². The summed E-state index contributed by atoms with van der Waals surface area (Å²) in [5, 5.41) is 11.7. The topological polar surface area (TPSA) is 66.4 Å². The molecule has 0 amide bonds. The van der Waals surface area contributed by atoms with Gasteiger partial charge in [0.25, 0.3) is 0 Å². The summed E-state index contributed by atoms with van der Waals surface area (Å²) in [4.78, 5) is 22.7. The first-order valence-electron chi connectivity index (χ1n) is 7.00. The zero-order valence-corrected chi connectivity index (χ0v) is 12.2. The Balaban J connectivity index is 1.96. The average Bonchev–Trinajstić information content (AvgIpc) is 2.55. The Morgan fingerprint density at radius 2 is 1.59 bits per heavy atom. The number of rotatable bonds is 6. The molecule has 2 N–H and O–H groups in total. The van der Waals surface area contributed by atoms with Crippen molar-refractivity contribution in [1.82, 2.24) is 0 Å². The molecule has 0 aliphatic carbocycles. The fraction of sp³-hybridized carbons (Fsp3) is 0.111. The number of ketones is 1. The van der Waals surface area contributed by atoms with Crippen molar-refractivity contribution in [3.8, 4) is 0 Å². The van der Waals surface area contributed by atoms with E-state index in [4.69, 9.17) is 5.11 Å². The van der Waals surface area contributed by atoms with Gasteiger partial charge in [-0.3, -0.25) is 4.79 Å². The van der Waals surface area contributed by atoms with Crippen LogP contribution in [0.1, 0.15) is 33.2 Å². The van der Waals surface area contributed by atoms with E-state index in [1.807, 2.05) is 24.3 Å². The maximum Gasteiger partial charge on any atom is 0.335 e. The molecule has 2 aromatic rings. The lowest BCUT2D eigenvalue weighted by atomic mass is 10.1. The first-order chi connectivity index (χ1) is 10.6. The van der Waals surface area contributed by atoms with Crippen molar-refractivity contribution < 1.29 is 14.7 Å². The molecular weight excluding hydrogens is 278 g/mol. The predicted molar refractivity (Wildman–Crippen MR) is 86.3 cm³/mol. The number of hydrogen-bond acceptors (Lipinski definition) is 3. The van der Waals surface area contributed by atoms with Gasteiger partial charge in [-0.1, -0.05) is 31.2 Å². The number of hydrogen-bond donors (Lipinski definition) is 2. The Morgan fingerprint density at radius 3 is 2.14 bits per heavy atom. The van der Waals surface area contributed by atoms with Crippen LogP contribution in [-0.4, -0.2) is 16.9 Å². The lowest BCUT2D eigenvalue weighted by Gasteiger charge is -2.01. The molecule has 4 nitrogen and oxygen atoms in total. The quantitative estimate of drug-likeness (QED) is 0.629. The van der Waals surface area contributed by atoms with Gasteiger partial charge in [-0.05, 0) is 36.2 Å². The molecule has 0 fully saturated rings. The maximum absolute atomic E-state index is 12.0. The minimum Gasteiger partial charge on any atom is -0.478 e. The largest absolute Gasteiger partial charge is 0.478 e. The Bertz CT molecular complexity index is 685. The highest BCUT2D eigenvalue weighted by Gasteiger charge is 2.02. The van der Waals surface area contributed by atoms with Crippen LogP contribution in [0.3, 0.4) is 0 Å². The van der Waals surface area contributed by atoms with Crippen LogP contribution in [-0.2, 0) is 6.42 Å². The third kappa shape index (κ3) is 4.06. The Kier molecular flexibility index (Phi) is 5.09. The van der Waals surface area contributed by atoms with Gasteiger partial charge in [0, 0.05) is 23.5 Å². The van der Waals surface area contributed by atoms with Gasteiger partial charge in [0.2, 0.25) is 0 Å². The molecule has 0 heterocycles. The fourth-order valence-electron chi connectivity index (χ4n) is 1.92. The van der Waals surface area contributed by atoms with Crippen LogP contribution in [0.15, 0.2) is 60.8 Å². The predicted octanol–water partition coefficient (Wildman–Crippen LogP) is 3.76. The number of aromatic carboxylic acids is 1. The molecule has 0 saturated carbocycles. The molecule has 0 bridgehead atoms. The molecular formula is C18H17NO3. The smallest absolute Gasteiger partial charge is 0.335 e. The Labute approximate surface area is 129 Å². The van der Waals surface area contributed by atoms with Gasteiger partial charge in [0.15, 0.2) is 5.78 Å².